The van der Waals surface area contributed by atoms with Gasteiger partial charge in [0.05, 0.1) is 6.54 Å². The van der Waals surface area contributed by atoms with Crippen molar-refractivity contribution in [1.29, 1.82) is 0 Å². The van der Waals surface area contributed by atoms with E-state index in [0.717, 1.165) is 25.8 Å². The zero-order valence-corrected chi connectivity index (χ0v) is 14.1. The number of rotatable bonds is 7. The molecular weight excluding hydrogens is 277 g/mol. The van der Waals surface area contributed by atoms with Crippen molar-refractivity contribution in [2.24, 2.45) is 11.3 Å². The van der Waals surface area contributed by atoms with E-state index in [1.807, 2.05) is 13.8 Å². The van der Waals surface area contributed by atoms with Crippen LogP contribution in [-0.2, 0) is 0 Å². The Bertz CT molecular complexity index is 313. The first-order valence-corrected chi connectivity index (χ1v) is 8.11. The van der Waals surface area contributed by atoms with Crippen molar-refractivity contribution < 1.29 is 13.2 Å². The minimum absolute atomic E-state index is 0.0813. The van der Waals surface area contributed by atoms with Gasteiger partial charge in [0, 0.05) is 18.6 Å². The van der Waals surface area contributed by atoms with Gasteiger partial charge in [0.15, 0.2) is 0 Å². The topological polar surface area (TPSA) is 15.3 Å². The van der Waals surface area contributed by atoms with Crippen LogP contribution >= 0.6 is 0 Å². The molecule has 0 aromatic rings. The highest BCUT2D eigenvalue weighted by Crippen LogP contribution is 2.42. The van der Waals surface area contributed by atoms with Gasteiger partial charge >= 0.3 is 6.18 Å². The van der Waals surface area contributed by atoms with Gasteiger partial charge in [-0.25, -0.2) is 0 Å². The van der Waals surface area contributed by atoms with Gasteiger partial charge in [0.1, 0.15) is 0 Å². The zero-order valence-electron chi connectivity index (χ0n) is 14.1. The zero-order chi connectivity index (χ0) is 16.3. The molecular formula is C16H31F3N2. The fourth-order valence-corrected chi connectivity index (χ4v) is 3.45. The summed E-state index contributed by atoms with van der Waals surface area (Å²) >= 11 is 0. The second-order valence-electron chi connectivity index (χ2n) is 7.36. The Hall–Kier alpha value is -0.290. The maximum atomic E-state index is 12.7. The molecule has 5 heteroatoms. The molecule has 0 spiro atoms. The summed E-state index contributed by atoms with van der Waals surface area (Å²) in [7, 11) is 0. The molecule has 0 radical (unpaired) electrons. The number of nitrogens with zero attached hydrogens (tertiary/aromatic N) is 1. The van der Waals surface area contributed by atoms with E-state index >= 15 is 0 Å². The Balaban J connectivity index is 2.72. The Morgan fingerprint density at radius 1 is 1.29 bits per heavy atom. The number of hydrogen-bond acceptors (Lipinski definition) is 2. The molecule has 2 unspecified atom stereocenters. The third-order valence-corrected chi connectivity index (χ3v) is 4.67. The first-order chi connectivity index (χ1) is 9.57. The van der Waals surface area contributed by atoms with Crippen LogP contribution in [0.3, 0.4) is 0 Å². The average molecular weight is 308 g/mol. The number of hydrogen-bond donors (Lipinski definition) is 1. The van der Waals surface area contributed by atoms with E-state index < -0.39 is 12.7 Å². The highest BCUT2D eigenvalue weighted by molar-refractivity contribution is 4.97. The van der Waals surface area contributed by atoms with Crippen LogP contribution < -0.4 is 5.32 Å². The molecule has 0 amide bonds. The van der Waals surface area contributed by atoms with Gasteiger partial charge in [-0.3, -0.25) is 4.90 Å². The van der Waals surface area contributed by atoms with E-state index in [-0.39, 0.29) is 11.5 Å². The second kappa shape index (κ2) is 7.32. The van der Waals surface area contributed by atoms with Crippen molar-refractivity contribution in [3.63, 3.8) is 0 Å². The van der Waals surface area contributed by atoms with Crippen LogP contribution in [0.2, 0.25) is 0 Å². The molecule has 21 heavy (non-hydrogen) atoms. The second-order valence-corrected chi connectivity index (χ2v) is 7.36. The Kier molecular flexibility index (Phi) is 6.54. The van der Waals surface area contributed by atoms with Crippen LogP contribution in [0.5, 0.6) is 0 Å². The predicted octanol–water partition coefficient (Wildman–Crippen LogP) is 4.06. The highest BCUT2D eigenvalue weighted by Gasteiger charge is 2.43. The third-order valence-electron chi connectivity index (χ3n) is 4.67. The fourth-order valence-electron chi connectivity index (χ4n) is 3.45. The van der Waals surface area contributed by atoms with Crippen LogP contribution in [0.4, 0.5) is 13.2 Å². The van der Waals surface area contributed by atoms with Crippen LogP contribution in [0, 0.1) is 11.3 Å². The molecule has 1 saturated carbocycles. The maximum Gasteiger partial charge on any atom is 0.401 e. The van der Waals surface area contributed by atoms with Gasteiger partial charge in [-0.2, -0.15) is 13.2 Å². The Labute approximate surface area is 127 Å². The van der Waals surface area contributed by atoms with Crippen molar-refractivity contribution in [2.75, 3.05) is 19.6 Å². The van der Waals surface area contributed by atoms with Crippen molar-refractivity contribution >= 4 is 0 Å². The molecule has 1 aliphatic rings. The summed E-state index contributed by atoms with van der Waals surface area (Å²) in [5.41, 5.74) is 0.167. The van der Waals surface area contributed by atoms with Crippen LogP contribution in [-0.4, -0.2) is 42.8 Å². The lowest BCUT2D eigenvalue weighted by Gasteiger charge is -2.36. The van der Waals surface area contributed by atoms with Crippen molar-refractivity contribution in [1.82, 2.24) is 10.2 Å². The van der Waals surface area contributed by atoms with Crippen molar-refractivity contribution in [3.05, 3.63) is 0 Å². The van der Waals surface area contributed by atoms with Gasteiger partial charge in [0.2, 0.25) is 0 Å². The van der Waals surface area contributed by atoms with E-state index in [4.69, 9.17) is 0 Å². The minimum atomic E-state index is -4.12. The smallest absolute Gasteiger partial charge is 0.313 e. The van der Waals surface area contributed by atoms with Crippen molar-refractivity contribution in [3.8, 4) is 0 Å². The van der Waals surface area contributed by atoms with Crippen LogP contribution in [0.1, 0.15) is 53.9 Å². The molecule has 0 aromatic heterocycles. The van der Waals surface area contributed by atoms with Gasteiger partial charge in [-0.15, -0.1) is 0 Å². The lowest BCUT2D eigenvalue weighted by molar-refractivity contribution is -0.151. The fraction of sp³-hybridized carbons (Fsp3) is 1.00. The Morgan fingerprint density at radius 2 is 1.90 bits per heavy atom. The van der Waals surface area contributed by atoms with E-state index in [1.165, 1.54) is 0 Å². The summed E-state index contributed by atoms with van der Waals surface area (Å²) in [6.45, 7) is 10.9. The van der Waals surface area contributed by atoms with E-state index in [0.29, 0.717) is 18.5 Å². The lowest BCUT2D eigenvalue weighted by atomic mass is 9.84. The molecule has 0 heterocycles. The van der Waals surface area contributed by atoms with Gasteiger partial charge in [-0.05, 0) is 51.0 Å². The molecule has 1 N–H and O–H groups in total. The predicted molar refractivity (Wildman–Crippen MR) is 81.4 cm³/mol. The lowest BCUT2D eigenvalue weighted by Crippen LogP contribution is -2.48. The first-order valence-electron chi connectivity index (χ1n) is 8.11. The molecule has 2 atom stereocenters. The number of halogens is 3. The van der Waals surface area contributed by atoms with Crippen molar-refractivity contribution in [2.45, 2.75) is 72.1 Å². The monoisotopic (exact) mass is 308 g/mol. The normalized spacial score (nSPS) is 26.0. The quantitative estimate of drug-likeness (QED) is 0.763. The van der Waals surface area contributed by atoms with Gasteiger partial charge in [0.25, 0.3) is 0 Å². The number of nitrogens with one attached hydrogen (secondary N) is 1. The summed E-state index contributed by atoms with van der Waals surface area (Å²) in [5.74, 6) is 0.302. The standard InChI is InChI=1S/C16H31F3N2/c1-6-9-20-14-13(7-8-15(14,4)5)10-21(12(2)3)11-16(17,18)19/h12-14,20H,6-11H2,1-5H3. The average Bonchev–Trinajstić information content (AvgIpc) is 2.59. The van der Waals surface area contributed by atoms with E-state index in [1.54, 1.807) is 4.90 Å². The van der Waals surface area contributed by atoms with Gasteiger partial charge < -0.3 is 5.32 Å². The maximum absolute atomic E-state index is 12.7. The van der Waals surface area contributed by atoms with Crippen LogP contribution in [0.15, 0.2) is 0 Å². The molecule has 0 saturated heterocycles. The van der Waals surface area contributed by atoms with Gasteiger partial charge in [-0.1, -0.05) is 20.8 Å². The minimum Gasteiger partial charge on any atom is -0.313 e. The molecule has 126 valence electrons. The third kappa shape index (κ3) is 5.78. The highest BCUT2D eigenvalue weighted by atomic mass is 19.4. The largest absolute Gasteiger partial charge is 0.401 e. The molecule has 2 nitrogen and oxygen atoms in total. The molecule has 0 aromatic carbocycles. The summed E-state index contributed by atoms with van der Waals surface area (Å²) in [6.07, 6.45) is -0.979. The molecule has 0 aliphatic heterocycles. The summed E-state index contributed by atoms with van der Waals surface area (Å²) in [5, 5.41) is 3.57. The molecule has 1 fully saturated rings. The summed E-state index contributed by atoms with van der Waals surface area (Å²) in [6, 6.07) is 0.231. The summed E-state index contributed by atoms with van der Waals surface area (Å²) in [4.78, 5) is 1.58. The summed E-state index contributed by atoms with van der Waals surface area (Å²) < 4.78 is 38.2. The molecule has 1 rings (SSSR count). The molecule has 0 bridgehead atoms. The van der Waals surface area contributed by atoms with E-state index in [2.05, 4.69) is 26.1 Å². The SMILES string of the molecule is CCCNC1C(CN(CC(F)(F)F)C(C)C)CCC1(C)C. The van der Waals surface area contributed by atoms with E-state index in [9.17, 15) is 13.2 Å². The first kappa shape index (κ1) is 18.8. The number of alkyl halides is 3. The van der Waals surface area contributed by atoms with Crippen LogP contribution in [0.25, 0.3) is 0 Å². The Morgan fingerprint density at radius 3 is 2.38 bits per heavy atom. The molecule has 1 aliphatic carbocycles.